The van der Waals surface area contributed by atoms with E-state index in [0.717, 1.165) is 12.3 Å². The number of pyridine rings is 1. The van der Waals surface area contributed by atoms with Crippen LogP contribution in [0.5, 0.6) is 5.75 Å². The summed E-state index contributed by atoms with van der Waals surface area (Å²) in [5.41, 5.74) is -0.816. The maximum absolute atomic E-state index is 12.8. The van der Waals surface area contributed by atoms with E-state index in [1.807, 2.05) is 16.7 Å². The summed E-state index contributed by atoms with van der Waals surface area (Å²) in [4.78, 5) is 20.4. The largest absolute Gasteiger partial charge is 0.487 e. The van der Waals surface area contributed by atoms with Gasteiger partial charge in [-0.1, -0.05) is 0 Å². The number of nitrogens with zero attached hydrogens (tertiary/aromatic N) is 3. The van der Waals surface area contributed by atoms with Crippen LogP contribution in [0.1, 0.15) is 12.5 Å². The molecular weight excluding hydrogens is 337 g/mol. The van der Waals surface area contributed by atoms with E-state index in [-0.39, 0.29) is 36.3 Å². The number of anilines is 1. The van der Waals surface area contributed by atoms with Crippen molar-refractivity contribution in [1.29, 1.82) is 0 Å². The third-order valence-electron chi connectivity index (χ3n) is 5.29. The number of nitrogens with one attached hydrogen (secondary N) is 1. The van der Waals surface area contributed by atoms with Gasteiger partial charge in [0.15, 0.2) is 11.6 Å². The van der Waals surface area contributed by atoms with Crippen LogP contribution in [0, 0.1) is 5.92 Å². The summed E-state index contributed by atoms with van der Waals surface area (Å²) in [5, 5.41) is 3.10. The fourth-order valence-electron chi connectivity index (χ4n) is 3.64. The van der Waals surface area contributed by atoms with Gasteiger partial charge in [0.25, 0.3) is 0 Å². The van der Waals surface area contributed by atoms with E-state index in [1.54, 1.807) is 0 Å². The summed E-state index contributed by atoms with van der Waals surface area (Å²) in [6.45, 7) is 4.68. The standard InChI is InChI=1S/C16H19F3N4O2/c1-9-12-8-25-13-4-11(16(17,18)19)7-21-14(13)23(12)3-2-22(9)15(24)10-5-20-6-10/h4,7,9-10,12,20H,2-3,5-6,8H2,1H3/t9?,12-/m1/s1. The highest BCUT2D eigenvalue weighted by molar-refractivity contribution is 5.81. The zero-order chi connectivity index (χ0) is 17.8. The van der Waals surface area contributed by atoms with Crippen molar-refractivity contribution < 1.29 is 22.7 Å². The number of rotatable bonds is 1. The molecule has 0 aromatic carbocycles. The van der Waals surface area contributed by atoms with E-state index >= 15 is 0 Å². The number of ether oxygens (including phenoxy) is 1. The smallest absolute Gasteiger partial charge is 0.418 e. The molecule has 1 aromatic heterocycles. The minimum atomic E-state index is -4.45. The topological polar surface area (TPSA) is 57.7 Å². The van der Waals surface area contributed by atoms with Crippen LogP contribution in [-0.2, 0) is 11.0 Å². The van der Waals surface area contributed by atoms with E-state index in [1.165, 1.54) is 0 Å². The van der Waals surface area contributed by atoms with Crippen molar-refractivity contribution in [1.82, 2.24) is 15.2 Å². The van der Waals surface area contributed by atoms with Gasteiger partial charge in [-0.3, -0.25) is 4.79 Å². The van der Waals surface area contributed by atoms with E-state index in [4.69, 9.17) is 4.74 Å². The molecular formula is C16H19F3N4O2. The molecule has 1 amide bonds. The van der Waals surface area contributed by atoms with Gasteiger partial charge in [0.05, 0.1) is 23.6 Å². The van der Waals surface area contributed by atoms with Gasteiger partial charge in [0, 0.05) is 32.4 Å². The lowest BCUT2D eigenvalue weighted by Crippen LogP contribution is -2.66. The fourth-order valence-corrected chi connectivity index (χ4v) is 3.64. The van der Waals surface area contributed by atoms with Gasteiger partial charge in [0.1, 0.15) is 6.61 Å². The lowest BCUT2D eigenvalue weighted by molar-refractivity contribution is -0.141. The van der Waals surface area contributed by atoms with Gasteiger partial charge < -0.3 is 19.9 Å². The number of piperazine rings is 1. The molecule has 0 saturated carbocycles. The van der Waals surface area contributed by atoms with Crippen molar-refractivity contribution in [2.45, 2.75) is 25.2 Å². The number of alkyl halides is 3. The number of carbonyl (C=O) groups excluding carboxylic acids is 1. The summed E-state index contributed by atoms with van der Waals surface area (Å²) >= 11 is 0. The minimum Gasteiger partial charge on any atom is -0.487 e. The monoisotopic (exact) mass is 356 g/mol. The predicted molar refractivity (Wildman–Crippen MR) is 83.4 cm³/mol. The molecule has 25 heavy (non-hydrogen) atoms. The highest BCUT2D eigenvalue weighted by atomic mass is 19.4. The summed E-state index contributed by atoms with van der Waals surface area (Å²) in [5.74, 6) is 0.741. The predicted octanol–water partition coefficient (Wildman–Crippen LogP) is 1.12. The summed E-state index contributed by atoms with van der Waals surface area (Å²) < 4.78 is 44.1. The van der Waals surface area contributed by atoms with Gasteiger partial charge in [-0.2, -0.15) is 13.2 Å². The Bertz CT molecular complexity index is 692. The molecule has 2 atom stereocenters. The van der Waals surface area contributed by atoms with Gasteiger partial charge >= 0.3 is 6.18 Å². The lowest BCUT2D eigenvalue weighted by Gasteiger charge is -2.50. The van der Waals surface area contributed by atoms with Crippen LogP contribution in [-0.4, -0.2) is 60.7 Å². The number of fused-ring (bicyclic) bond motifs is 3. The first-order valence-electron chi connectivity index (χ1n) is 8.34. The zero-order valence-corrected chi connectivity index (χ0v) is 13.7. The van der Waals surface area contributed by atoms with Crippen molar-refractivity contribution in [3.63, 3.8) is 0 Å². The molecule has 2 saturated heterocycles. The number of hydrogen-bond donors (Lipinski definition) is 1. The van der Waals surface area contributed by atoms with Crippen molar-refractivity contribution in [3.8, 4) is 5.75 Å². The highest BCUT2D eigenvalue weighted by Gasteiger charge is 2.43. The second kappa shape index (κ2) is 5.76. The normalized spacial score (nSPS) is 26.4. The SMILES string of the molecule is CC1[C@H]2COc3cc(C(F)(F)F)cnc3N2CCN1C(=O)C1CNC1. The maximum Gasteiger partial charge on any atom is 0.418 e. The molecule has 3 aliphatic rings. The second-order valence-corrected chi connectivity index (χ2v) is 6.74. The molecule has 4 rings (SSSR count). The second-order valence-electron chi connectivity index (χ2n) is 6.74. The molecule has 0 spiro atoms. The minimum absolute atomic E-state index is 0.0262. The fraction of sp³-hybridized carbons (Fsp3) is 0.625. The van der Waals surface area contributed by atoms with Crippen LogP contribution in [0.25, 0.3) is 0 Å². The Balaban J connectivity index is 1.56. The molecule has 6 nitrogen and oxygen atoms in total. The average molecular weight is 356 g/mol. The molecule has 9 heteroatoms. The van der Waals surface area contributed by atoms with Crippen LogP contribution in [0.2, 0.25) is 0 Å². The van der Waals surface area contributed by atoms with Crippen molar-refractivity contribution >= 4 is 11.7 Å². The summed E-state index contributed by atoms with van der Waals surface area (Å²) in [6.07, 6.45) is -3.61. The lowest BCUT2D eigenvalue weighted by atomic mass is 9.96. The zero-order valence-electron chi connectivity index (χ0n) is 13.7. The molecule has 136 valence electrons. The first kappa shape index (κ1) is 16.4. The Morgan fingerprint density at radius 1 is 1.36 bits per heavy atom. The highest BCUT2D eigenvalue weighted by Crippen LogP contribution is 2.39. The first-order chi connectivity index (χ1) is 11.9. The van der Waals surface area contributed by atoms with Crippen LogP contribution < -0.4 is 15.0 Å². The maximum atomic E-state index is 12.8. The number of amides is 1. The quantitative estimate of drug-likeness (QED) is 0.817. The first-order valence-corrected chi connectivity index (χ1v) is 8.34. The van der Waals surface area contributed by atoms with E-state index in [0.29, 0.717) is 32.0 Å². The van der Waals surface area contributed by atoms with Gasteiger partial charge in [-0.25, -0.2) is 4.98 Å². The van der Waals surface area contributed by atoms with Gasteiger partial charge in [-0.05, 0) is 13.0 Å². The van der Waals surface area contributed by atoms with Gasteiger partial charge in [-0.15, -0.1) is 0 Å². The van der Waals surface area contributed by atoms with Crippen molar-refractivity contribution in [3.05, 3.63) is 17.8 Å². The number of aromatic nitrogens is 1. The number of hydrogen-bond acceptors (Lipinski definition) is 5. The summed E-state index contributed by atoms with van der Waals surface area (Å²) in [7, 11) is 0. The Morgan fingerprint density at radius 2 is 2.12 bits per heavy atom. The van der Waals surface area contributed by atoms with Crippen molar-refractivity contribution in [2.24, 2.45) is 5.92 Å². The molecule has 2 fully saturated rings. The molecule has 1 aromatic rings. The number of halogens is 3. The van der Waals surface area contributed by atoms with Crippen LogP contribution in [0.3, 0.4) is 0 Å². The Hall–Kier alpha value is -2.03. The van der Waals surface area contributed by atoms with E-state index < -0.39 is 11.7 Å². The average Bonchev–Trinajstić information content (AvgIpc) is 2.51. The molecule has 0 radical (unpaired) electrons. The molecule has 3 aliphatic heterocycles. The molecule has 4 heterocycles. The third-order valence-corrected chi connectivity index (χ3v) is 5.29. The van der Waals surface area contributed by atoms with Crippen LogP contribution in [0.4, 0.5) is 19.0 Å². The third kappa shape index (κ3) is 2.70. The Morgan fingerprint density at radius 3 is 2.76 bits per heavy atom. The number of carbonyl (C=O) groups is 1. The van der Waals surface area contributed by atoms with E-state index in [9.17, 15) is 18.0 Å². The molecule has 0 bridgehead atoms. The van der Waals surface area contributed by atoms with Gasteiger partial charge in [0.2, 0.25) is 5.91 Å². The molecule has 1 N–H and O–H groups in total. The van der Waals surface area contributed by atoms with Crippen molar-refractivity contribution in [2.75, 3.05) is 37.7 Å². The Kier molecular flexibility index (Phi) is 3.78. The molecule has 0 aliphatic carbocycles. The van der Waals surface area contributed by atoms with Crippen LogP contribution in [0.15, 0.2) is 12.3 Å². The van der Waals surface area contributed by atoms with Crippen LogP contribution >= 0.6 is 0 Å². The molecule has 1 unspecified atom stereocenters. The van der Waals surface area contributed by atoms with E-state index in [2.05, 4.69) is 10.3 Å². The summed E-state index contributed by atoms with van der Waals surface area (Å²) in [6, 6.07) is 0.808. The Labute approximate surface area is 142 Å².